The molecule has 0 radical (unpaired) electrons. The van der Waals surface area contributed by atoms with E-state index in [1.807, 2.05) is 6.07 Å². The van der Waals surface area contributed by atoms with Gasteiger partial charge in [-0.25, -0.2) is 4.79 Å². The molecule has 0 bridgehead atoms. The number of para-hydroxylation sites is 1. The van der Waals surface area contributed by atoms with E-state index in [2.05, 4.69) is 4.74 Å². The van der Waals surface area contributed by atoms with Gasteiger partial charge in [0.25, 0.3) is 5.44 Å². The fraction of sp³-hybridized carbons (Fsp3) is 0.0714. The van der Waals surface area contributed by atoms with E-state index in [0.29, 0.717) is 5.75 Å². The molecule has 1 heterocycles. The Morgan fingerprint density at radius 2 is 1.52 bits per heavy atom. The molecule has 0 spiro atoms. The minimum atomic E-state index is -4.39. The minimum absolute atomic E-state index is 0.176. The predicted octanol–water partition coefficient (Wildman–Crippen LogP) is 2.14. The number of benzene rings is 2. The van der Waals surface area contributed by atoms with Crippen LogP contribution in [-0.2, 0) is 14.9 Å². The van der Waals surface area contributed by atoms with Gasteiger partial charge < -0.3 is 9.84 Å². The fourth-order valence-electron chi connectivity index (χ4n) is 1.76. The summed E-state index contributed by atoms with van der Waals surface area (Å²) < 4.78 is 34.9. The van der Waals surface area contributed by atoms with Gasteiger partial charge in [-0.2, -0.15) is 8.42 Å². The van der Waals surface area contributed by atoms with Crippen LogP contribution in [0.3, 0.4) is 0 Å². The molecular formula is C14H12O6S. The normalized spacial score (nSPS) is 16.4. The lowest BCUT2D eigenvalue weighted by Gasteiger charge is -2.05. The van der Waals surface area contributed by atoms with Crippen LogP contribution in [0.4, 0.5) is 0 Å². The third kappa shape index (κ3) is 3.59. The molecule has 21 heavy (non-hydrogen) atoms. The summed E-state index contributed by atoms with van der Waals surface area (Å²) in [4.78, 5) is 11.1. The molecule has 0 amide bonds. The van der Waals surface area contributed by atoms with Gasteiger partial charge in [-0.3, -0.25) is 4.55 Å². The first kappa shape index (κ1) is 15.0. The molecule has 2 aromatic rings. The molecule has 0 fully saturated rings. The van der Waals surface area contributed by atoms with Crippen molar-refractivity contribution >= 4 is 16.1 Å². The molecule has 6 nitrogen and oxygen atoms in total. The second-order valence-corrected chi connectivity index (χ2v) is 5.63. The molecule has 7 heteroatoms. The highest BCUT2D eigenvalue weighted by atomic mass is 32.2. The fourth-order valence-corrected chi connectivity index (χ4v) is 2.50. The van der Waals surface area contributed by atoms with Crippen LogP contribution in [0, 0.1) is 0 Å². The number of phenols is 1. The average Bonchev–Trinajstić information content (AvgIpc) is 2.79. The van der Waals surface area contributed by atoms with Crippen LogP contribution in [0.5, 0.6) is 5.75 Å². The number of carbonyl (C=O) groups is 1. The van der Waals surface area contributed by atoms with Gasteiger partial charge in [-0.1, -0.05) is 36.4 Å². The summed E-state index contributed by atoms with van der Waals surface area (Å²) in [5, 5.41) is 8.63. The molecule has 1 aliphatic heterocycles. The van der Waals surface area contributed by atoms with E-state index in [9.17, 15) is 13.2 Å². The molecule has 0 aromatic heterocycles. The number of carbonyl (C=O) groups excluding carboxylic acids is 1. The standard InChI is InChI=1S/C8H6O5S.C6H6O/c9-7-5-3-1-2-4-6(5)8(13-7)14(10,11)12;7-6-4-2-1-3-5-6/h1-4,8H,(H,10,11,12);1-5,7H. The van der Waals surface area contributed by atoms with Gasteiger partial charge in [0, 0.05) is 5.56 Å². The van der Waals surface area contributed by atoms with E-state index in [-0.39, 0.29) is 11.1 Å². The van der Waals surface area contributed by atoms with E-state index >= 15 is 0 Å². The molecule has 1 unspecified atom stereocenters. The van der Waals surface area contributed by atoms with Crippen LogP contribution in [-0.4, -0.2) is 24.0 Å². The van der Waals surface area contributed by atoms with Gasteiger partial charge in [-0.05, 0) is 18.2 Å². The summed E-state index contributed by atoms with van der Waals surface area (Å²) in [7, 11) is -4.39. The molecule has 0 aliphatic carbocycles. The second-order valence-electron chi connectivity index (χ2n) is 4.18. The average molecular weight is 308 g/mol. The lowest BCUT2D eigenvalue weighted by molar-refractivity contribution is 0.0497. The van der Waals surface area contributed by atoms with E-state index in [1.165, 1.54) is 12.1 Å². The summed E-state index contributed by atoms with van der Waals surface area (Å²) in [6, 6.07) is 14.7. The van der Waals surface area contributed by atoms with Crippen molar-refractivity contribution in [2.45, 2.75) is 5.44 Å². The monoisotopic (exact) mass is 308 g/mol. The first-order valence-electron chi connectivity index (χ1n) is 5.90. The summed E-state index contributed by atoms with van der Waals surface area (Å²) >= 11 is 0. The Labute approximate surface area is 121 Å². The Balaban J connectivity index is 0.000000194. The van der Waals surface area contributed by atoms with Crippen molar-refractivity contribution in [3.63, 3.8) is 0 Å². The molecule has 2 aromatic carbocycles. The quantitative estimate of drug-likeness (QED) is 0.618. The molecule has 1 aliphatic rings. The first-order valence-corrected chi connectivity index (χ1v) is 7.40. The number of cyclic esters (lactones) is 1. The van der Waals surface area contributed by atoms with Crippen molar-refractivity contribution in [2.75, 3.05) is 0 Å². The highest BCUT2D eigenvalue weighted by Gasteiger charge is 2.38. The van der Waals surface area contributed by atoms with Crippen molar-refractivity contribution in [2.24, 2.45) is 0 Å². The van der Waals surface area contributed by atoms with Crippen LogP contribution >= 0.6 is 0 Å². The van der Waals surface area contributed by atoms with Crippen LogP contribution in [0.25, 0.3) is 0 Å². The Hall–Kier alpha value is -2.38. The number of esters is 1. The van der Waals surface area contributed by atoms with Gasteiger partial charge >= 0.3 is 16.1 Å². The van der Waals surface area contributed by atoms with E-state index in [1.54, 1.807) is 36.4 Å². The molecule has 1 atom stereocenters. The number of rotatable bonds is 1. The van der Waals surface area contributed by atoms with E-state index in [4.69, 9.17) is 9.66 Å². The van der Waals surface area contributed by atoms with Gasteiger partial charge in [0.15, 0.2) is 0 Å². The lowest BCUT2D eigenvalue weighted by Crippen LogP contribution is -2.11. The zero-order chi connectivity index (χ0) is 15.5. The largest absolute Gasteiger partial charge is 0.508 e. The van der Waals surface area contributed by atoms with Crippen LogP contribution in [0.2, 0.25) is 0 Å². The summed E-state index contributed by atoms with van der Waals surface area (Å²) in [6.07, 6.45) is 0. The minimum Gasteiger partial charge on any atom is -0.508 e. The first-order chi connectivity index (χ1) is 9.89. The van der Waals surface area contributed by atoms with E-state index in [0.717, 1.165) is 0 Å². The second kappa shape index (κ2) is 5.94. The van der Waals surface area contributed by atoms with Crippen LogP contribution in [0.15, 0.2) is 54.6 Å². The molecule has 110 valence electrons. The van der Waals surface area contributed by atoms with Crippen molar-refractivity contribution in [1.82, 2.24) is 0 Å². The molecule has 2 N–H and O–H groups in total. The van der Waals surface area contributed by atoms with E-state index < -0.39 is 21.5 Å². The topological polar surface area (TPSA) is 101 Å². The number of phenolic OH excluding ortho intramolecular Hbond substituents is 1. The van der Waals surface area contributed by atoms with Crippen molar-refractivity contribution in [1.29, 1.82) is 0 Å². The Kier molecular flexibility index (Phi) is 4.25. The zero-order valence-electron chi connectivity index (χ0n) is 10.7. The van der Waals surface area contributed by atoms with Crippen molar-refractivity contribution in [3.8, 4) is 5.75 Å². The van der Waals surface area contributed by atoms with Crippen LogP contribution < -0.4 is 0 Å². The summed E-state index contributed by atoms with van der Waals surface area (Å²) in [6.45, 7) is 0. The SMILES string of the molecule is O=C1OC(S(=O)(=O)O)c2ccccc21.Oc1ccccc1. The highest BCUT2D eigenvalue weighted by molar-refractivity contribution is 7.85. The maximum Gasteiger partial charge on any atom is 0.340 e. The smallest absolute Gasteiger partial charge is 0.340 e. The summed E-state index contributed by atoms with van der Waals surface area (Å²) in [5.41, 5.74) is -1.22. The van der Waals surface area contributed by atoms with Crippen molar-refractivity contribution in [3.05, 3.63) is 65.7 Å². The van der Waals surface area contributed by atoms with Gasteiger partial charge in [0.1, 0.15) is 5.75 Å². The van der Waals surface area contributed by atoms with Crippen molar-refractivity contribution < 1.29 is 27.6 Å². The number of fused-ring (bicyclic) bond motifs is 1. The third-order valence-electron chi connectivity index (χ3n) is 2.68. The number of hydrogen-bond donors (Lipinski definition) is 2. The maximum atomic E-state index is 11.1. The Morgan fingerprint density at radius 3 is 2.05 bits per heavy atom. The predicted molar refractivity (Wildman–Crippen MR) is 74.3 cm³/mol. The number of ether oxygens (including phenoxy) is 1. The third-order valence-corrected chi connectivity index (χ3v) is 3.57. The van der Waals surface area contributed by atoms with Crippen LogP contribution in [0.1, 0.15) is 21.4 Å². The zero-order valence-corrected chi connectivity index (χ0v) is 11.5. The molecule has 0 saturated heterocycles. The Bertz CT molecular complexity index is 739. The summed E-state index contributed by atoms with van der Waals surface area (Å²) in [5.74, 6) is -0.411. The number of aromatic hydroxyl groups is 1. The van der Waals surface area contributed by atoms with Gasteiger partial charge in [-0.15, -0.1) is 0 Å². The lowest BCUT2D eigenvalue weighted by atomic mass is 10.1. The molecular weight excluding hydrogens is 296 g/mol. The number of hydrogen-bond acceptors (Lipinski definition) is 5. The highest BCUT2D eigenvalue weighted by Crippen LogP contribution is 2.33. The Morgan fingerprint density at radius 1 is 0.952 bits per heavy atom. The molecule has 3 rings (SSSR count). The maximum absolute atomic E-state index is 11.1. The van der Waals surface area contributed by atoms with Gasteiger partial charge in [0.2, 0.25) is 0 Å². The van der Waals surface area contributed by atoms with Gasteiger partial charge in [0.05, 0.1) is 5.56 Å². The molecule has 0 saturated carbocycles.